The molecule has 0 radical (unpaired) electrons. The minimum atomic E-state index is -0.811. The van der Waals surface area contributed by atoms with E-state index in [2.05, 4.69) is 29.6 Å². The molecule has 7 heteroatoms. The van der Waals surface area contributed by atoms with Crippen LogP contribution in [0.2, 0.25) is 0 Å². The number of benzene rings is 2. The number of rotatable bonds is 6. The fourth-order valence-corrected chi connectivity index (χ4v) is 6.06. The van der Waals surface area contributed by atoms with Crippen molar-refractivity contribution in [3.05, 3.63) is 59.7 Å². The molecule has 0 aromatic heterocycles. The Hall–Kier alpha value is -3.35. The number of carbonyl (C=O) groups is 3. The van der Waals surface area contributed by atoms with E-state index in [-0.39, 0.29) is 42.7 Å². The molecule has 1 saturated carbocycles. The molecule has 2 aliphatic carbocycles. The number of carboxylic acids is 1. The average Bonchev–Trinajstić information content (AvgIpc) is 3.44. The molecule has 184 valence electrons. The van der Waals surface area contributed by atoms with E-state index in [1.807, 2.05) is 29.2 Å². The molecule has 0 spiro atoms. The van der Waals surface area contributed by atoms with Gasteiger partial charge in [-0.15, -0.1) is 0 Å². The molecule has 2 fully saturated rings. The molecule has 5 rings (SSSR count). The molecule has 2 aromatic rings. The van der Waals surface area contributed by atoms with E-state index in [0.29, 0.717) is 19.5 Å². The smallest absolute Gasteiger partial charge is 0.407 e. The van der Waals surface area contributed by atoms with Crippen molar-refractivity contribution in [2.45, 2.75) is 50.5 Å². The van der Waals surface area contributed by atoms with E-state index >= 15 is 0 Å². The number of alkyl carbamates (subject to hydrolysis) is 1. The highest BCUT2D eigenvalue weighted by Gasteiger charge is 2.35. The lowest BCUT2D eigenvalue weighted by Crippen LogP contribution is -2.43. The van der Waals surface area contributed by atoms with E-state index in [0.717, 1.165) is 25.7 Å². The lowest BCUT2D eigenvalue weighted by atomic mass is 9.85. The summed E-state index contributed by atoms with van der Waals surface area (Å²) in [6.45, 7) is 1.41. The largest absolute Gasteiger partial charge is 0.481 e. The van der Waals surface area contributed by atoms with E-state index in [1.165, 1.54) is 22.3 Å². The number of aliphatic carboxylic acids is 1. The van der Waals surface area contributed by atoms with Crippen LogP contribution in [0, 0.1) is 11.8 Å². The second kappa shape index (κ2) is 10.1. The second-order valence-corrected chi connectivity index (χ2v) is 10.1. The second-order valence-electron chi connectivity index (χ2n) is 10.1. The van der Waals surface area contributed by atoms with Crippen molar-refractivity contribution < 1.29 is 24.2 Å². The summed E-state index contributed by atoms with van der Waals surface area (Å²) in [5.74, 6) is -0.796. The Morgan fingerprint density at radius 1 is 0.971 bits per heavy atom. The lowest BCUT2D eigenvalue weighted by Gasteiger charge is -2.31. The van der Waals surface area contributed by atoms with Crippen LogP contribution >= 0.6 is 0 Å². The molecule has 0 bridgehead atoms. The van der Waals surface area contributed by atoms with Gasteiger partial charge in [0.1, 0.15) is 6.61 Å². The van der Waals surface area contributed by atoms with Crippen LogP contribution in [0.1, 0.15) is 55.6 Å². The minimum absolute atomic E-state index is 0.0164. The van der Waals surface area contributed by atoms with Crippen molar-refractivity contribution in [3.8, 4) is 11.1 Å². The summed E-state index contributed by atoms with van der Waals surface area (Å²) in [4.78, 5) is 38.5. The summed E-state index contributed by atoms with van der Waals surface area (Å²) in [6, 6.07) is 16.4. The first-order valence-electron chi connectivity index (χ1n) is 12.6. The minimum Gasteiger partial charge on any atom is -0.481 e. The fraction of sp³-hybridized carbons (Fsp3) is 0.464. The van der Waals surface area contributed by atoms with Gasteiger partial charge in [-0.2, -0.15) is 0 Å². The van der Waals surface area contributed by atoms with Gasteiger partial charge in [0.2, 0.25) is 5.91 Å². The first-order valence-corrected chi connectivity index (χ1v) is 12.6. The Kier molecular flexibility index (Phi) is 6.75. The van der Waals surface area contributed by atoms with E-state index in [9.17, 15) is 14.4 Å². The van der Waals surface area contributed by atoms with Crippen LogP contribution in [0.25, 0.3) is 11.1 Å². The molecule has 7 nitrogen and oxygen atoms in total. The average molecular weight is 477 g/mol. The number of hydrogen-bond acceptors (Lipinski definition) is 4. The first kappa shape index (κ1) is 23.4. The van der Waals surface area contributed by atoms with Crippen LogP contribution in [0.5, 0.6) is 0 Å². The van der Waals surface area contributed by atoms with Gasteiger partial charge >= 0.3 is 12.1 Å². The third kappa shape index (κ3) is 5.04. The SMILES string of the molecule is O=C(O)CC1CCN(C(=O)C2CCCC(NC(=O)OCC3c4ccccc4-c4ccccc43)C2)C1. The van der Waals surface area contributed by atoms with Gasteiger partial charge in [0, 0.05) is 37.4 Å². The predicted octanol–water partition coefficient (Wildman–Crippen LogP) is 4.41. The topological polar surface area (TPSA) is 95.9 Å². The summed E-state index contributed by atoms with van der Waals surface area (Å²) < 4.78 is 5.69. The first-order chi connectivity index (χ1) is 17.0. The molecule has 3 aliphatic rings. The Balaban J connectivity index is 1.14. The van der Waals surface area contributed by atoms with Gasteiger partial charge in [0.25, 0.3) is 0 Å². The van der Waals surface area contributed by atoms with Crippen molar-refractivity contribution in [3.63, 3.8) is 0 Å². The van der Waals surface area contributed by atoms with Crippen LogP contribution in [0.15, 0.2) is 48.5 Å². The molecule has 2 amide bonds. The highest BCUT2D eigenvalue weighted by molar-refractivity contribution is 5.80. The highest BCUT2D eigenvalue weighted by atomic mass is 16.5. The van der Waals surface area contributed by atoms with Crippen molar-refractivity contribution in [1.29, 1.82) is 0 Å². The number of nitrogens with one attached hydrogen (secondary N) is 1. The summed E-state index contributed by atoms with van der Waals surface area (Å²) in [5.41, 5.74) is 4.74. The molecule has 1 heterocycles. The van der Waals surface area contributed by atoms with Crippen molar-refractivity contribution in [2.75, 3.05) is 19.7 Å². The molecule has 1 saturated heterocycles. The Morgan fingerprint density at radius 2 is 1.66 bits per heavy atom. The standard InChI is InChI=1S/C28H32N2O5/c31-26(32)14-18-12-13-30(16-18)27(33)19-6-5-7-20(15-19)29-28(34)35-17-25-23-10-3-1-8-21(23)22-9-2-4-11-24(22)25/h1-4,8-11,18-20,25H,5-7,12-17H2,(H,29,34)(H,31,32). The molecule has 35 heavy (non-hydrogen) atoms. The lowest BCUT2D eigenvalue weighted by molar-refractivity contribution is -0.139. The third-order valence-electron chi connectivity index (χ3n) is 7.75. The number of nitrogens with zero attached hydrogens (tertiary/aromatic N) is 1. The zero-order valence-corrected chi connectivity index (χ0v) is 19.8. The monoisotopic (exact) mass is 476 g/mol. The van der Waals surface area contributed by atoms with E-state index in [1.54, 1.807) is 0 Å². The maximum atomic E-state index is 13.0. The maximum Gasteiger partial charge on any atom is 0.407 e. The van der Waals surface area contributed by atoms with E-state index in [4.69, 9.17) is 9.84 Å². The number of fused-ring (bicyclic) bond motifs is 3. The summed E-state index contributed by atoms with van der Waals surface area (Å²) >= 11 is 0. The van der Waals surface area contributed by atoms with Crippen LogP contribution in [0.4, 0.5) is 4.79 Å². The van der Waals surface area contributed by atoms with Gasteiger partial charge in [-0.1, -0.05) is 55.0 Å². The van der Waals surface area contributed by atoms with Crippen molar-refractivity contribution >= 4 is 18.0 Å². The quantitative estimate of drug-likeness (QED) is 0.644. The molecule has 3 atom stereocenters. The van der Waals surface area contributed by atoms with Crippen molar-refractivity contribution in [2.24, 2.45) is 11.8 Å². The molecule has 1 aliphatic heterocycles. The predicted molar refractivity (Wildman–Crippen MR) is 131 cm³/mol. The maximum absolute atomic E-state index is 13.0. The number of carboxylic acid groups (broad SMARTS) is 1. The van der Waals surface area contributed by atoms with Crippen LogP contribution in [-0.4, -0.2) is 53.7 Å². The van der Waals surface area contributed by atoms with Gasteiger partial charge in [-0.3, -0.25) is 9.59 Å². The number of ether oxygens (including phenoxy) is 1. The Labute approximate surface area is 205 Å². The van der Waals surface area contributed by atoms with Crippen LogP contribution in [0.3, 0.4) is 0 Å². The van der Waals surface area contributed by atoms with Crippen LogP contribution in [-0.2, 0) is 14.3 Å². The van der Waals surface area contributed by atoms with Gasteiger partial charge in [0.15, 0.2) is 0 Å². The van der Waals surface area contributed by atoms with Crippen molar-refractivity contribution in [1.82, 2.24) is 10.2 Å². The fourth-order valence-electron chi connectivity index (χ4n) is 6.06. The Morgan fingerprint density at radius 3 is 2.34 bits per heavy atom. The van der Waals surface area contributed by atoms with Gasteiger partial charge < -0.3 is 20.1 Å². The normalized spacial score (nSPS) is 23.4. The molecule has 2 aromatic carbocycles. The van der Waals surface area contributed by atoms with Crippen LogP contribution < -0.4 is 5.32 Å². The number of amides is 2. The molecule has 2 N–H and O–H groups in total. The van der Waals surface area contributed by atoms with Gasteiger partial charge in [0.05, 0.1) is 0 Å². The molecule has 3 unspecified atom stereocenters. The number of hydrogen-bond donors (Lipinski definition) is 2. The van der Waals surface area contributed by atoms with E-state index < -0.39 is 12.1 Å². The zero-order chi connectivity index (χ0) is 24.4. The summed E-state index contributed by atoms with van der Waals surface area (Å²) in [6.07, 6.45) is 3.53. The molecular formula is C28H32N2O5. The molecular weight excluding hydrogens is 444 g/mol. The van der Waals surface area contributed by atoms with Gasteiger partial charge in [-0.05, 0) is 53.9 Å². The summed E-state index contributed by atoms with van der Waals surface area (Å²) in [5, 5.41) is 12.0. The number of carbonyl (C=O) groups excluding carboxylic acids is 2. The van der Waals surface area contributed by atoms with Gasteiger partial charge in [-0.25, -0.2) is 4.79 Å². The third-order valence-corrected chi connectivity index (χ3v) is 7.75. The number of likely N-dealkylation sites (tertiary alicyclic amines) is 1. The Bertz CT molecular complexity index is 1070. The summed E-state index contributed by atoms with van der Waals surface area (Å²) in [7, 11) is 0. The highest BCUT2D eigenvalue weighted by Crippen LogP contribution is 2.44. The zero-order valence-electron chi connectivity index (χ0n) is 19.8.